The lowest BCUT2D eigenvalue weighted by molar-refractivity contribution is -0.385. The molecule has 0 saturated carbocycles. The van der Waals surface area contributed by atoms with Crippen LogP contribution in [0.25, 0.3) is 0 Å². The van der Waals surface area contributed by atoms with Crippen LogP contribution in [0.2, 0.25) is 0 Å². The van der Waals surface area contributed by atoms with E-state index in [0.717, 1.165) is 0 Å². The van der Waals surface area contributed by atoms with Crippen molar-refractivity contribution in [2.24, 2.45) is 5.14 Å². The minimum Gasteiger partial charge on any atom is -0.491 e. The van der Waals surface area contributed by atoms with Crippen molar-refractivity contribution < 1.29 is 18.1 Å². The van der Waals surface area contributed by atoms with Crippen LogP contribution in [0.1, 0.15) is 13.8 Å². The Morgan fingerprint density at radius 2 is 2.05 bits per heavy atom. The molecule has 0 saturated heterocycles. The lowest BCUT2D eigenvalue weighted by Crippen LogP contribution is -2.17. The second-order valence-electron chi connectivity index (χ2n) is 4.30. The van der Waals surface area contributed by atoms with Gasteiger partial charge in [-0.3, -0.25) is 10.1 Å². The Bertz CT molecular complexity index is 586. The summed E-state index contributed by atoms with van der Waals surface area (Å²) in [6.45, 7) is 3.62. The average molecular weight is 320 g/mol. The molecule has 1 aromatic rings. The molecule has 112 valence electrons. The minimum atomic E-state index is -3.54. The van der Waals surface area contributed by atoms with Gasteiger partial charge in [0.1, 0.15) is 5.75 Å². The summed E-state index contributed by atoms with van der Waals surface area (Å²) in [6.07, 6.45) is -0.112. The largest absolute Gasteiger partial charge is 0.491 e. The molecule has 0 amide bonds. The number of nitrogens with zero attached hydrogens (tertiary/aromatic N) is 1. The van der Waals surface area contributed by atoms with Crippen LogP contribution in [0.4, 0.5) is 5.69 Å². The quantitative estimate of drug-likeness (QED) is 0.465. The third kappa shape index (κ3) is 6.22. The van der Waals surface area contributed by atoms with Crippen molar-refractivity contribution in [3.8, 4) is 5.75 Å². The van der Waals surface area contributed by atoms with Gasteiger partial charge in [0.25, 0.3) is 5.69 Å². The zero-order valence-corrected chi connectivity index (χ0v) is 12.7. The zero-order valence-electron chi connectivity index (χ0n) is 11.1. The Kier molecular flexibility index (Phi) is 5.78. The van der Waals surface area contributed by atoms with E-state index >= 15 is 0 Å². The zero-order chi connectivity index (χ0) is 15.3. The van der Waals surface area contributed by atoms with E-state index in [1.54, 1.807) is 6.07 Å². The molecule has 0 fully saturated rings. The molecule has 0 aromatic heterocycles. The molecule has 0 atom stereocenters. The average Bonchev–Trinajstić information content (AvgIpc) is 2.25. The lowest BCUT2D eigenvalue weighted by Gasteiger charge is -2.11. The molecular weight excluding hydrogens is 304 g/mol. The van der Waals surface area contributed by atoms with Crippen molar-refractivity contribution in [1.29, 1.82) is 0 Å². The highest BCUT2D eigenvalue weighted by atomic mass is 32.2. The van der Waals surface area contributed by atoms with Crippen molar-refractivity contribution in [1.82, 2.24) is 0 Å². The molecule has 20 heavy (non-hydrogen) atoms. The number of nitro benzene ring substituents is 1. The highest BCUT2D eigenvalue weighted by Crippen LogP contribution is 2.29. The summed E-state index contributed by atoms with van der Waals surface area (Å²) in [5.74, 6) is 0.411. The Labute approximate surface area is 121 Å². The standard InChI is InChI=1S/C11H16N2O5S2/c1-8(2)18-10-5-9(13(14)15)6-11(7-10)19-3-4-20(12,16)17/h5-8H,3-4H2,1-2H3,(H2,12,16,17). The van der Waals surface area contributed by atoms with Gasteiger partial charge in [-0.05, 0) is 19.9 Å². The fourth-order valence-electron chi connectivity index (χ4n) is 1.36. The second kappa shape index (κ2) is 6.91. The fourth-order valence-corrected chi connectivity index (χ4v) is 3.26. The molecule has 0 radical (unpaired) electrons. The highest BCUT2D eigenvalue weighted by Gasteiger charge is 2.12. The highest BCUT2D eigenvalue weighted by molar-refractivity contribution is 8.00. The normalized spacial score (nSPS) is 11.6. The predicted octanol–water partition coefficient (Wildman–Crippen LogP) is 1.76. The number of thioether (sulfide) groups is 1. The smallest absolute Gasteiger partial charge is 0.274 e. The van der Waals surface area contributed by atoms with E-state index < -0.39 is 14.9 Å². The molecule has 0 spiro atoms. The van der Waals surface area contributed by atoms with Crippen LogP contribution in [-0.4, -0.2) is 31.0 Å². The van der Waals surface area contributed by atoms with Crippen LogP contribution in [0.5, 0.6) is 5.75 Å². The van der Waals surface area contributed by atoms with E-state index in [-0.39, 0.29) is 23.3 Å². The van der Waals surface area contributed by atoms with Crippen LogP contribution in [-0.2, 0) is 10.0 Å². The third-order valence-corrected chi connectivity index (χ3v) is 4.09. The maximum Gasteiger partial charge on any atom is 0.274 e. The first-order valence-corrected chi connectivity index (χ1v) is 8.47. The molecular formula is C11H16N2O5S2. The summed E-state index contributed by atoms with van der Waals surface area (Å²) < 4.78 is 27.1. The van der Waals surface area contributed by atoms with Crippen molar-refractivity contribution >= 4 is 27.5 Å². The Hall–Kier alpha value is -1.32. The van der Waals surface area contributed by atoms with Crippen molar-refractivity contribution in [3.63, 3.8) is 0 Å². The molecule has 0 heterocycles. The number of nitrogens with two attached hydrogens (primary N) is 1. The predicted molar refractivity (Wildman–Crippen MR) is 77.6 cm³/mol. The third-order valence-electron chi connectivity index (χ3n) is 2.08. The molecule has 0 aliphatic carbocycles. The number of primary sulfonamides is 1. The topological polar surface area (TPSA) is 113 Å². The number of nitro groups is 1. The maximum absolute atomic E-state index is 10.8. The van der Waals surface area contributed by atoms with E-state index in [0.29, 0.717) is 10.6 Å². The summed E-state index contributed by atoms with van der Waals surface area (Å²) in [6, 6.07) is 4.35. The number of ether oxygens (including phenoxy) is 1. The Morgan fingerprint density at radius 3 is 2.55 bits per heavy atom. The van der Waals surface area contributed by atoms with Crippen molar-refractivity contribution in [2.75, 3.05) is 11.5 Å². The summed E-state index contributed by atoms with van der Waals surface area (Å²) in [5, 5.41) is 15.7. The van der Waals surface area contributed by atoms with Gasteiger partial charge >= 0.3 is 0 Å². The number of rotatable bonds is 7. The van der Waals surface area contributed by atoms with E-state index in [1.807, 2.05) is 13.8 Å². The molecule has 7 nitrogen and oxygen atoms in total. The fraction of sp³-hybridized carbons (Fsp3) is 0.455. The van der Waals surface area contributed by atoms with Gasteiger partial charge in [-0.15, -0.1) is 11.8 Å². The SMILES string of the molecule is CC(C)Oc1cc(SCCS(N)(=O)=O)cc([N+](=O)[O-])c1. The first-order chi connectivity index (χ1) is 9.17. The van der Waals surface area contributed by atoms with E-state index in [1.165, 1.54) is 23.9 Å². The van der Waals surface area contributed by atoms with E-state index in [2.05, 4.69) is 0 Å². The molecule has 0 aliphatic rings. The summed E-state index contributed by atoms with van der Waals surface area (Å²) in [7, 11) is -3.54. The van der Waals surface area contributed by atoms with E-state index in [4.69, 9.17) is 9.88 Å². The summed E-state index contributed by atoms with van der Waals surface area (Å²) >= 11 is 1.18. The molecule has 0 unspecified atom stereocenters. The van der Waals surface area contributed by atoms with Crippen LogP contribution in [0.3, 0.4) is 0 Å². The maximum atomic E-state index is 10.8. The Balaban J connectivity index is 2.88. The number of sulfonamides is 1. The van der Waals surface area contributed by atoms with Crippen molar-refractivity contribution in [2.45, 2.75) is 24.8 Å². The summed E-state index contributed by atoms with van der Waals surface area (Å²) in [4.78, 5) is 10.9. The van der Waals surface area contributed by atoms with Crippen LogP contribution >= 0.6 is 11.8 Å². The van der Waals surface area contributed by atoms with Crippen LogP contribution in [0.15, 0.2) is 23.1 Å². The van der Waals surface area contributed by atoms with Crippen LogP contribution < -0.4 is 9.88 Å². The Morgan fingerprint density at radius 1 is 1.40 bits per heavy atom. The number of non-ortho nitro benzene ring substituents is 1. The van der Waals surface area contributed by atoms with Gasteiger partial charge in [-0.1, -0.05) is 0 Å². The molecule has 2 N–H and O–H groups in total. The van der Waals surface area contributed by atoms with Gasteiger partial charge in [0.05, 0.1) is 22.8 Å². The molecule has 1 rings (SSSR count). The van der Waals surface area contributed by atoms with Gasteiger partial charge in [-0.2, -0.15) is 0 Å². The molecule has 0 aliphatic heterocycles. The van der Waals surface area contributed by atoms with Gasteiger partial charge in [0.15, 0.2) is 0 Å². The first kappa shape index (κ1) is 16.7. The number of benzene rings is 1. The van der Waals surface area contributed by atoms with Crippen molar-refractivity contribution in [3.05, 3.63) is 28.3 Å². The molecule has 0 bridgehead atoms. The second-order valence-corrected chi connectivity index (χ2v) is 7.20. The summed E-state index contributed by atoms with van der Waals surface area (Å²) in [5.41, 5.74) is -0.0961. The van der Waals surface area contributed by atoms with Gasteiger partial charge in [0, 0.05) is 16.7 Å². The number of hydrogen-bond acceptors (Lipinski definition) is 6. The molecule has 1 aromatic carbocycles. The first-order valence-electron chi connectivity index (χ1n) is 5.77. The van der Waals surface area contributed by atoms with Crippen LogP contribution in [0, 0.1) is 10.1 Å². The monoisotopic (exact) mass is 320 g/mol. The van der Waals surface area contributed by atoms with Gasteiger partial charge in [0.2, 0.25) is 10.0 Å². The van der Waals surface area contributed by atoms with E-state index in [9.17, 15) is 18.5 Å². The van der Waals surface area contributed by atoms with Gasteiger partial charge < -0.3 is 4.74 Å². The van der Waals surface area contributed by atoms with Gasteiger partial charge in [-0.25, -0.2) is 13.6 Å². The number of hydrogen-bond donors (Lipinski definition) is 1. The minimum absolute atomic E-state index is 0.0961. The molecule has 9 heteroatoms. The lowest BCUT2D eigenvalue weighted by atomic mass is 10.3.